The summed E-state index contributed by atoms with van der Waals surface area (Å²) in [6.45, 7) is 0. The lowest BCUT2D eigenvalue weighted by atomic mass is 9.63. The highest BCUT2D eigenvalue weighted by Gasteiger charge is 2.35. The van der Waals surface area contributed by atoms with Crippen LogP contribution in [0.5, 0.6) is 0 Å². The highest BCUT2D eigenvalue weighted by molar-refractivity contribution is 4.86. The maximum Gasteiger partial charge on any atom is -0.0383 e. The third-order valence-corrected chi connectivity index (χ3v) is 10.3. The van der Waals surface area contributed by atoms with Gasteiger partial charge in [-0.05, 0) is 54.8 Å². The fourth-order valence-corrected chi connectivity index (χ4v) is 8.41. The smallest absolute Gasteiger partial charge is 0.0383 e. The molecule has 0 aromatic heterocycles. The van der Waals surface area contributed by atoms with Gasteiger partial charge in [0.1, 0.15) is 0 Å². The topological polar surface area (TPSA) is 0 Å². The Morgan fingerprint density at radius 1 is 0.333 bits per heavy atom. The zero-order chi connectivity index (χ0) is 20.4. The normalized spacial score (nSPS) is 34.2. The van der Waals surface area contributed by atoms with Gasteiger partial charge in [-0.25, -0.2) is 0 Å². The summed E-state index contributed by atoms with van der Waals surface area (Å²) in [5, 5.41) is 0. The fourth-order valence-electron chi connectivity index (χ4n) is 8.41. The van der Waals surface area contributed by atoms with Crippen LogP contribution in [0.2, 0.25) is 0 Å². The molecule has 5 saturated carbocycles. The van der Waals surface area contributed by atoms with Gasteiger partial charge in [0.15, 0.2) is 0 Å². The molecule has 0 aliphatic heterocycles. The predicted octanol–water partition coefficient (Wildman–Crippen LogP) is 10.1. The van der Waals surface area contributed by atoms with Crippen LogP contribution in [0.3, 0.4) is 0 Å². The highest BCUT2D eigenvalue weighted by Crippen LogP contribution is 2.47. The van der Waals surface area contributed by atoms with E-state index < -0.39 is 0 Å². The first kappa shape index (κ1) is 23.2. The second-order valence-corrected chi connectivity index (χ2v) is 12.4. The summed E-state index contributed by atoms with van der Waals surface area (Å²) in [4.78, 5) is 0. The van der Waals surface area contributed by atoms with Gasteiger partial charge in [-0.2, -0.15) is 0 Å². The van der Waals surface area contributed by atoms with Gasteiger partial charge in [-0.3, -0.25) is 0 Å². The van der Waals surface area contributed by atoms with Crippen molar-refractivity contribution in [1.29, 1.82) is 0 Å². The lowest BCUT2D eigenvalue weighted by Crippen LogP contribution is -2.31. The van der Waals surface area contributed by atoms with E-state index in [1.54, 1.807) is 89.9 Å². The molecule has 0 bridgehead atoms. The van der Waals surface area contributed by atoms with Crippen molar-refractivity contribution < 1.29 is 0 Å². The Hall–Kier alpha value is 0. The highest BCUT2D eigenvalue weighted by atomic mass is 14.4. The Kier molecular flexibility index (Phi) is 9.95. The van der Waals surface area contributed by atoms with Crippen molar-refractivity contribution in [2.24, 2.45) is 35.5 Å². The molecule has 174 valence electrons. The molecule has 5 fully saturated rings. The van der Waals surface area contributed by atoms with Gasteiger partial charge in [-0.15, -0.1) is 0 Å². The summed E-state index contributed by atoms with van der Waals surface area (Å²) >= 11 is 0. The van der Waals surface area contributed by atoms with Crippen molar-refractivity contribution >= 4 is 0 Å². The van der Waals surface area contributed by atoms with Crippen molar-refractivity contribution in [3.05, 3.63) is 0 Å². The fraction of sp³-hybridized carbons (Fsp3) is 1.00. The molecule has 5 aliphatic rings. The third kappa shape index (κ3) is 7.27. The molecule has 3 atom stereocenters. The number of hydrogen-bond acceptors (Lipinski definition) is 0. The molecule has 5 aliphatic carbocycles. The Morgan fingerprint density at radius 3 is 1.30 bits per heavy atom. The molecule has 0 aromatic rings. The molecule has 0 aromatic carbocycles. The van der Waals surface area contributed by atoms with Crippen LogP contribution >= 0.6 is 0 Å². The molecule has 30 heavy (non-hydrogen) atoms. The summed E-state index contributed by atoms with van der Waals surface area (Å²) in [6, 6.07) is 0. The van der Waals surface area contributed by atoms with E-state index in [2.05, 4.69) is 0 Å². The molecule has 0 nitrogen and oxygen atoms in total. The molecule has 0 heterocycles. The molecule has 0 heteroatoms. The van der Waals surface area contributed by atoms with Gasteiger partial charge in [0.25, 0.3) is 0 Å². The quantitative estimate of drug-likeness (QED) is 0.419. The maximum absolute atomic E-state index is 1.62. The molecular formula is C30H54. The minimum atomic E-state index is 1.12. The van der Waals surface area contributed by atoms with Crippen molar-refractivity contribution in [2.75, 3.05) is 0 Å². The first-order valence-electron chi connectivity index (χ1n) is 14.9. The van der Waals surface area contributed by atoms with E-state index in [1.165, 1.54) is 64.2 Å². The first-order valence-corrected chi connectivity index (χ1v) is 14.9. The first-order chi connectivity index (χ1) is 14.9. The molecule has 0 saturated heterocycles. The molecule has 5 rings (SSSR count). The molecule has 0 amide bonds. The monoisotopic (exact) mass is 414 g/mol. The SMILES string of the molecule is C1CCC(C2CCC3CCCCC3C2)CC1.C1CCC(CCCC2CCCC2)CC1. The predicted molar refractivity (Wildman–Crippen MR) is 132 cm³/mol. The van der Waals surface area contributed by atoms with Crippen molar-refractivity contribution in [1.82, 2.24) is 0 Å². The lowest BCUT2D eigenvalue weighted by Gasteiger charge is -2.43. The van der Waals surface area contributed by atoms with Crippen molar-refractivity contribution in [3.8, 4) is 0 Å². The molecule has 0 N–H and O–H groups in total. The number of rotatable bonds is 5. The molecule has 0 spiro atoms. The van der Waals surface area contributed by atoms with Gasteiger partial charge in [0, 0.05) is 0 Å². The van der Waals surface area contributed by atoms with Crippen LogP contribution in [-0.4, -0.2) is 0 Å². The van der Waals surface area contributed by atoms with Gasteiger partial charge in [0.05, 0.1) is 0 Å². The molecule has 3 unspecified atom stereocenters. The number of fused-ring (bicyclic) bond motifs is 1. The largest absolute Gasteiger partial charge is 0.0533 e. The van der Waals surface area contributed by atoms with Crippen molar-refractivity contribution in [3.63, 3.8) is 0 Å². The summed E-state index contributed by atoms with van der Waals surface area (Å²) in [5.41, 5.74) is 0. The second kappa shape index (κ2) is 12.9. The summed E-state index contributed by atoms with van der Waals surface area (Å²) in [5.74, 6) is 6.81. The Bertz CT molecular complexity index is 432. The summed E-state index contributed by atoms with van der Waals surface area (Å²) in [6.07, 6.45) is 37.2. The second-order valence-electron chi connectivity index (χ2n) is 12.4. The third-order valence-electron chi connectivity index (χ3n) is 10.3. The maximum atomic E-state index is 1.62. The van der Waals surface area contributed by atoms with E-state index >= 15 is 0 Å². The standard InChI is InChI=1S/C16H28.C14H26/c1-2-6-13(7-3-1)16-11-10-14-8-4-5-9-15(14)12-16;1-2-7-13(8-3-1)11-6-12-14-9-4-5-10-14/h13-16H,1-12H2;13-14H,1-12H2. The average molecular weight is 415 g/mol. The zero-order valence-electron chi connectivity index (χ0n) is 20.4. The lowest BCUT2D eigenvalue weighted by molar-refractivity contribution is 0.0858. The Morgan fingerprint density at radius 2 is 0.700 bits per heavy atom. The van der Waals surface area contributed by atoms with E-state index in [9.17, 15) is 0 Å². The van der Waals surface area contributed by atoms with Crippen molar-refractivity contribution in [2.45, 2.75) is 154 Å². The minimum Gasteiger partial charge on any atom is -0.0533 e. The van der Waals surface area contributed by atoms with Crippen LogP contribution in [0.4, 0.5) is 0 Å². The van der Waals surface area contributed by atoms with Crippen LogP contribution < -0.4 is 0 Å². The Labute approximate surface area is 189 Å². The summed E-state index contributed by atoms with van der Waals surface area (Å²) in [7, 11) is 0. The van der Waals surface area contributed by atoms with E-state index in [-0.39, 0.29) is 0 Å². The summed E-state index contributed by atoms with van der Waals surface area (Å²) < 4.78 is 0. The minimum absolute atomic E-state index is 1.12. The zero-order valence-corrected chi connectivity index (χ0v) is 20.4. The molecule has 0 radical (unpaired) electrons. The van der Waals surface area contributed by atoms with Crippen LogP contribution in [0.1, 0.15) is 154 Å². The average Bonchev–Trinajstić information content (AvgIpc) is 3.34. The van der Waals surface area contributed by atoms with E-state index in [0.717, 1.165) is 35.5 Å². The van der Waals surface area contributed by atoms with Gasteiger partial charge in [0.2, 0.25) is 0 Å². The van der Waals surface area contributed by atoms with E-state index in [4.69, 9.17) is 0 Å². The van der Waals surface area contributed by atoms with Gasteiger partial charge >= 0.3 is 0 Å². The van der Waals surface area contributed by atoms with Crippen LogP contribution in [0.15, 0.2) is 0 Å². The molecular weight excluding hydrogens is 360 g/mol. The van der Waals surface area contributed by atoms with Crippen LogP contribution in [0, 0.1) is 35.5 Å². The Balaban J connectivity index is 0.000000147. The van der Waals surface area contributed by atoms with E-state index in [1.807, 2.05) is 0 Å². The van der Waals surface area contributed by atoms with Gasteiger partial charge < -0.3 is 0 Å². The van der Waals surface area contributed by atoms with Crippen LogP contribution in [0.25, 0.3) is 0 Å². The van der Waals surface area contributed by atoms with E-state index in [0.29, 0.717) is 0 Å². The number of hydrogen-bond donors (Lipinski definition) is 0. The van der Waals surface area contributed by atoms with Crippen LogP contribution in [-0.2, 0) is 0 Å². The van der Waals surface area contributed by atoms with Gasteiger partial charge in [-0.1, -0.05) is 135 Å².